The summed E-state index contributed by atoms with van der Waals surface area (Å²) in [6, 6.07) is 14.5. The molecule has 11 heteroatoms. The van der Waals surface area contributed by atoms with Crippen LogP contribution in [0.25, 0.3) is 0 Å². The van der Waals surface area contributed by atoms with Crippen molar-refractivity contribution in [2.24, 2.45) is 33.3 Å². The fourth-order valence-electron chi connectivity index (χ4n) is 4.34. The van der Waals surface area contributed by atoms with Crippen molar-refractivity contribution in [1.29, 1.82) is 5.41 Å². The van der Waals surface area contributed by atoms with Crippen LogP contribution in [0, 0.1) is 10.8 Å². The Bertz CT molecular complexity index is 1220. The monoisotopic (exact) mass is 550 g/mol. The van der Waals surface area contributed by atoms with Gasteiger partial charge in [0.05, 0.1) is 5.41 Å². The lowest BCUT2D eigenvalue weighted by molar-refractivity contribution is -0.135. The zero-order chi connectivity index (χ0) is 30.1. The predicted molar refractivity (Wildman–Crippen MR) is 157 cm³/mol. The van der Waals surface area contributed by atoms with Gasteiger partial charge in [-0.05, 0) is 42.7 Å². The first-order chi connectivity index (χ1) is 18.6. The van der Waals surface area contributed by atoms with Gasteiger partial charge in [-0.1, -0.05) is 75.4 Å². The van der Waals surface area contributed by atoms with Crippen LogP contribution in [0.2, 0.25) is 0 Å². The molecule has 0 heterocycles. The van der Waals surface area contributed by atoms with Crippen LogP contribution in [0.5, 0.6) is 0 Å². The first kappa shape index (κ1) is 31.8. The summed E-state index contributed by atoms with van der Waals surface area (Å²) in [6.07, 6.45) is 0.988. The number of guanidine groups is 1. The van der Waals surface area contributed by atoms with Crippen molar-refractivity contribution in [3.05, 3.63) is 71.3 Å². The van der Waals surface area contributed by atoms with Crippen molar-refractivity contribution in [1.82, 2.24) is 10.6 Å². The lowest BCUT2D eigenvalue weighted by Gasteiger charge is -2.36. The quantitative estimate of drug-likeness (QED) is 0.110. The van der Waals surface area contributed by atoms with Gasteiger partial charge in [-0.3, -0.25) is 24.8 Å². The van der Waals surface area contributed by atoms with Crippen molar-refractivity contribution in [2.45, 2.75) is 64.5 Å². The maximum Gasteiger partial charge on any atom is 0.243 e. The summed E-state index contributed by atoms with van der Waals surface area (Å²) >= 11 is 0. The zero-order valence-corrected chi connectivity index (χ0v) is 23.7. The maximum atomic E-state index is 14.0. The molecule has 11 nitrogen and oxygen atoms in total. The number of carbonyl (C=O) groups excluding carboxylic acids is 3. The molecule has 0 saturated carbocycles. The van der Waals surface area contributed by atoms with E-state index in [4.69, 9.17) is 28.3 Å². The van der Waals surface area contributed by atoms with E-state index in [0.717, 1.165) is 11.1 Å². The molecule has 0 bridgehead atoms. The van der Waals surface area contributed by atoms with Crippen LogP contribution in [0.3, 0.4) is 0 Å². The summed E-state index contributed by atoms with van der Waals surface area (Å²) in [5.41, 5.74) is 22.3. The number of rotatable bonds is 13. The number of nitrogen functional groups attached to an aromatic ring is 1. The third-order valence-electron chi connectivity index (χ3n) is 6.74. The molecule has 0 aliphatic carbocycles. The Morgan fingerprint density at radius 3 is 2.00 bits per heavy atom. The highest BCUT2D eigenvalue weighted by atomic mass is 16.2. The number of nitrogens with one attached hydrogen (secondary N) is 3. The Morgan fingerprint density at radius 1 is 0.900 bits per heavy atom. The Balaban J connectivity index is 2.33. The Morgan fingerprint density at radius 2 is 1.50 bits per heavy atom. The van der Waals surface area contributed by atoms with E-state index < -0.39 is 34.7 Å². The summed E-state index contributed by atoms with van der Waals surface area (Å²) in [7, 11) is 0. The van der Waals surface area contributed by atoms with E-state index in [1.54, 1.807) is 12.1 Å². The number of amides is 3. The molecule has 0 radical (unpaired) electrons. The highest BCUT2D eigenvalue weighted by Gasteiger charge is 2.41. The van der Waals surface area contributed by atoms with E-state index in [2.05, 4.69) is 15.6 Å². The van der Waals surface area contributed by atoms with Gasteiger partial charge in [0.15, 0.2) is 5.96 Å². The lowest BCUT2D eigenvalue weighted by Crippen LogP contribution is -2.60. The molecule has 2 aromatic carbocycles. The second-order valence-electron chi connectivity index (χ2n) is 11.2. The molecule has 0 spiro atoms. The summed E-state index contributed by atoms with van der Waals surface area (Å²) in [6.45, 7) is 7.59. The summed E-state index contributed by atoms with van der Waals surface area (Å²) in [4.78, 5) is 43.5. The third kappa shape index (κ3) is 8.82. The molecule has 2 rings (SSSR count). The van der Waals surface area contributed by atoms with Gasteiger partial charge in [0.1, 0.15) is 17.9 Å². The first-order valence-corrected chi connectivity index (χ1v) is 13.1. The highest BCUT2D eigenvalue weighted by Crippen LogP contribution is 2.30. The molecule has 0 aliphatic heterocycles. The number of hydrogen-bond acceptors (Lipinski definition) is 5. The summed E-state index contributed by atoms with van der Waals surface area (Å²) in [5, 5.41) is 13.3. The average Bonchev–Trinajstić information content (AvgIpc) is 2.88. The fraction of sp³-hybridized carbons (Fsp3) is 0.414. The van der Waals surface area contributed by atoms with E-state index in [0.29, 0.717) is 18.4 Å². The maximum absolute atomic E-state index is 14.0. The predicted octanol–water partition coefficient (Wildman–Crippen LogP) is 1.03. The molecule has 1 unspecified atom stereocenters. The molecular weight excluding hydrogens is 508 g/mol. The van der Waals surface area contributed by atoms with E-state index in [1.807, 2.05) is 70.2 Å². The molecule has 0 fully saturated rings. The van der Waals surface area contributed by atoms with Crippen molar-refractivity contribution < 1.29 is 14.4 Å². The van der Waals surface area contributed by atoms with E-state index >= 15 is 0 Å². The van der Waals surface area contributed by atoms with E-state index in [-0.39, 0.29) is 30.7 Å². The minimum Gasteiger partial charge on any atom is -0.384 e. The van der Waals surface area contributed by atoms with Crippen LogP contribution >= 0.6 is 0 Å². The topological polar surface area (TPSA) is 216 Å². The standard InChI is InChI=1S/C29H42N8O3/c1-28(2,3)22(25(39)36-21(24(32)38)11-8-16-35-27(33)34)37-26(40)29(4,20-9-6-5-7-10-20)17-18-12-14-19(15-13-18)23(30)31/h5-7,9-10,12-15,21-22H,8,11,16-17H2,1-4H3,(H3,30,31)(H2,32,38)(H,36,39)(H,37,40)(H4,33,34,35)/t21-,22+,29?/m0/s1. The number of nitrogens with zero attached hydrogens (tertiary/aromatic N) is 1. The highest BCUT2D eigenvalue weighted by molar-refractivity contribution is 5.96. The number of aliphatic imine (C=N–C) groups is 1. The molecule has 40 heavy (non-hydrogen) atoms. The number of benzene rings is 2. The minimum absolute atomic E-state index is 0.0420. The smallest absolute Gasteiger partial charge is 0.243 e. The fourth-order valence-corrected chi connectivity index (χ4v) is 4.34. The molecule has 3 amide bonds. The number of carbonyl (C=O) groups is 3. The van der Waals surface area contributed by atoms with Gasteiger partial charge < -0.3 is 33.6 Å². The molecule has 3 atom stereocenters. The van der Waals surface area contributed by atoms with Gasteiger partial charge in [0.2, 0.25) is 17.7 Å². The van der Waals surface area contributed by atoms with Crippen LogP contribution in [0.1, 0.15) is 57.2 Å². The lowest BCUT2D eigenvalue weighted by atomic mass is 9.75. The van der Waals surface area contributed by atoms with Gasteiger partial charge in [0, 0.05) is 12.1 Å². The van der Waals surface area contributed by atoms with Gasteiger partial charge in [-0.15, -0.1) is 0 Å². The average molecular weight is 551 g/mol. The molecule has 216 valence electrons. The van der Waals surface area contributed by atoms with Crippen molar-refractivity contribution in [2.75, 3.05) is 6.54 Å². The minimum atomic E-state index is -1.05. The summed E-state index contributed by atoms with van der Waals surface area (Å²) < 4.78 is 0. The first-order valence-electron chi connectivity index (χ1n) is 13.1. The molecule has 11 N–H and O–H groups in total. The van der Waals surface area contributed by atoms with E-state index in [1.165, 1.54) is 0 Å². The Kier molecular flexibility index (Phi) is 10.8. The molecule has 0 aliphatic rings. The van der Waals surface area contributed by atoms with Gasteiger partial charge in [0.25, 0.3) is 0 Å². The second-order valence-corrected chi connectivity index (χ2v) is 11.2. The van der Waals surface area contributed by atoms with Crippen LogP contribution in [-0.4, -0.2) is 48.1 Å². The molecule has 2 aromatic rings. The van der Waals surface area contributed by atoms with Gasteiger partial charge in [-0.2, -0.15) is 0 Å². The second kappa shape index (κ2) is 13.6. The Labute approximate surface area is 235 Å². The van der Waals surface area contributed by atoms with Crippen molar-refractivity contribution >= 4 is 29.5 Å². The van der Waals surface area contributed by atoms with Crippen LogP contribution in [-0.2, 0) is 26.2 Å². The summed E-state index contributed by atoms with van der Waals surface area (Å²) in [5.74, 6) is -1.67. The van der Waals surface area contributed by atoms with Gasteiger partial charge >= 0.3 is 0 Å². The molecule has 0 aromatic heterocycles. The normalized spacial score (nSPS) is 14.2. The van der Waals surface area contributed by atoms with Crippen molar-refractivity contribution in [3.8, 4) is 0 Å². The van der Waals surface area contributed by atoms with Crippen LogP contribution in [0.4, 0.5) is 0 Å². The van der Waals surface area contributed by atoms with Crippen molar-refractivity contribution in [3.63, 3.8) is 0 Å². The number of amidine groups is 1. The largest absolute Gasteiger partial charge is 0.384 e. The van der Waals surface area contributed by atoms with Gasteiger partial charge in [-0.25, -0.2) is 0 Å². The molecular formula is C29H42N8O3. The van der Waals surface area contributed by atoms with E-state index in [9.17, 15) is 14.4 Å². The number of nitrogens with two attached hydrogens (primary N) is 4. The number of primary amides is 1. The Hall–Kier alpha value is -4.41. The zero-order valence-electron chi connectivity index (χ0n) is 23.7. The van der Waals surface area contributed by atoms with Crippen LogP contribution < -0.4 is 33.6 Å². The SMILES string of the molecule is CC(Cc1ccc(C(=N)N)cc1)(C(=O)N[C@H](C(=O)N[C@@H](CCCN=C(N)N)C(N)=O)C(C)(C)C)c1ccccc1. The molecule has 0 saturated heterocycles. The number of hydrogen-bond donors (Lipinski definition) is 7. The third-order valence-corrected chi connectivity index (χ3v) is 6.74. The van der Waals surface area contributed by atoms with Crippen LogP contribution in [0.15, 0.2) is 59.6 Å².